The van der Waals surface area contributed by atoms with E-state index in [0.717, 1.165) is 28.2 Å². The first kappa shape index (κ1) is 7.76. The van der Waals surface area contributed by atoms with Gasteiger partial charge in [0, 0.05) is 16.9 Å². The van der Waals surface area contributed by atoms with Crippen molar-refractivity contribution in [1.82, 2.24) is 4.98 Å². The third-order valence-electron chi connectivity index (χ3n) is 2.25. The number of aromatic nitrogens is 1. The van der Waals surface area contributed by atoms with E-state index < -0.39 is 0 Å². The van der Waals surface area contributed by atoms with Gasteiger partial charge in [-0.15, -0.1) is 11.3 Å². The van der Waals surface area contributed by atoms with Crippen molar-refractivity contribution in [3.8, 4) is 11.3 Å². The molecular weight excluding hydrogens is 250 g/mol. The highest BCUT2D eigenvalue weighted by atomic mass is 79.9. The number of hydrogen-bond donors (Lipinski definition) is 0. The summed E-state index contributed by atoms with van der Waals surface area (Å²) in [6, 6.07) is 2.00. The Hall–Kier alpha value is -0.610. The van der Waals surface area contributed by atoms with Gasteiger partial charge in [-0.3, -0.25) is 0 Å². The number of halogens is 1. The van der Waals surface area contributed by atoms with Crippen LogP contribution in [0.25, 0.3) is 11.3 Å². The minimum absolute atomic E-state index is 0.964. The van der Waals surface area contributed by atoms with Gasteiger partial charge in [0.15, 0.2) is 3.92 Å². The second-order valence-electron chi connectivity index (χ2n) is 3.00. The summed E-state index contributed by atoms with van der Waals surface area (Å²) in [5.74, 6) is 1.07. The van der Waals surface area contributed by atoms with Gasteiger partial charge >= 0.3 is 0 Å². The summed E-state index contributed by atoms with van der Waals surface area (Å²) in [4.78, 5) is 5.80. The molecule has 2 aromatic heterocycles. The average Bonchev–Trinajstić information content (AvgIpc) is 2.65. The molecule has 0 atom stereocenters. The summed E-state index contributed by atoms with van der Waals surface area (Å²) in [5, 5.41) is 0. The molecule has 0 saturated carbocycles. The normalized spacial score (nSPS) is 13.9. The van der Waals surface area contributed by atoms with E-state index in [4.69, 9.17) is 4.42 Å². The Kier molecular flexibility index (Phi) is 1.60. The Bertz CT molecular complexity index is 460. The van der Waals surface area contributed by atoms with Crippen LogP contribution in [0.5, 0.6) is 0 Å². The Morgan fingerprint density at radius 2 is 2.38 bits per heavy atom. The van der Waals surface area contributed by atoms with Crippen LogP contribution in [0, 0.1) is 0 Å². The van der Waals surface area contributed by atoms with Gasteiger partial charge in [0.1, 0.15) is 5.76 Å². The van der Waals surface area contributed by atoms with Crippen LogP contribution in [0.2, 0.25) is 0 Å². The van der Waals surface area contributed by atoms with Crippen molar-refractivity contribution in [2.75, 3.05) is 0 Å². The maximum atomic E-state index is 5.37. The van der Waals surface area contributed by atoms with Gasteiger partial charge in [0.25, 0.3) is 0 Å². The van der Waals surface area contributed by atoms with Gasteiger partial charge in [-0.05, 0) is 28.4 Å². The fraction of sp³-hybridized carbons (Fsp3) is 0.222. The smallest absolute Gasteiger partial charge is 0.160 e. The number of furan rings is 1. The van der Waals surface area contributed by atoms with Crippen molar-refractivity contribution >= 4 is 27.3 Å². The maximum absolute atomic E-state index is 5.37. The molecule has 2 heterocycles. The number of hydrogen-bond acceptors (Lipinski definition) is 3. The standard InChI is InChI=1S/C9H6BrNOS/c10-9-11-8-5-3-4-12-6(5)1-2-7(8)13-9/h3-4H,1-2H2. The van der Waals surface area contributed by atoms with Crippen LogP contribution in [0.1, 0.15) is 10.6 Å². The van der Waals surface area contributed by atoms with Crippen LogP contribution < -0.4 is 0 Å². The molecule has 2 nitrogen and oxygen atoms in total. The molecule has 2 aromatic rings. The summed E-state index contributed by atoms with van der Waals surface area (Å²) >= 11 is 5.13. The highest BCUT2D eigenvalue weighted by Crippen LogP contribution is 2.38. The lowest BCUT2D eigenvalue weighted by Gasteiger charge is -2.07. The third kappa shape index (κ3) is 1.09. The fourth-order valence-corrected chi connectivity index (χ4v) is 3.24. The van der Waals surface area contributed by atoms with E-state index in [9.17, 15) is 0 Å². The van der Waals surface area contributed by atoms with Crippen molar-refractivity contribution in [2.45, 2.75) is 12.8 Å². The summed E-state index contributed by atoms with van der Waals surface area (Å²) in [6.07, 6.45) is 3.80. The lowest BCUT2D eigenvalue weighted by molar-refractivity contribution is 0.508. The first-order valence-corrected chi connectivity index (χ1v) is 5.67. The first-order chi connectivity index (χ1) is 6.34. The van der Waals surface area contributed by atoms with Gasteiger partial charge in [0.2, 0.25) is 0 Å². The second-order valence-corrected chi connectivity index (χ2v) is 5.36. The molecule has 13 heavy (non-hydrogen) atoms. The van der Waals surface area contributed by atoms with Gasteiger partial charge in [-0.2, -0.15) is 0 Å². The van der Waals surface area contributed by atoms with Crippen molar-refractivity contribution in [3.63, 3.8) is 0 Å². The number of rotatable bonds is 0. The van der Waals surface area contributed by atoms with Crippen molar-refractivity contribution in [1.29, 1.82) is 0 Å². The topological polar surface area (TPSA) is 26.0 Å². The van der Waals surface area contributed by atoms with Crippen LogP contribution in [-0.4, -0.2) is 4.98 Å². The monoisotopic (exact) mass is 255 g/mol. The van der Waals surface area contributed by atoms with E-state index in [1.807, 2.05) is 6.07 Å². The van der Waals surface area contributed by atoms with E-state index in [1.54, 1.807) is 17.6 Å². The average molecular weight is 256 g/mol. The Balaban J connectivity index is 2.29. The van der Waals surface area contributed by atoms with Gasteiger partial charge in [0.05, 0.1) is 12.0 Å². The Morgan fingerprint density at radius 1 is 1.46 bits per heavy atom. The fourth-order valence-electron chi connectivity index (χ4n) is 1.68. The quantitative estimate of drug-likeness (QED) is 0.723. The minimum Gasteiger partial charge on any atom is -0.469 e. The highest BCUT2D eigenvalue weighted by Gasteiger charge is 2.22. The zero-order valence-corrected chi connectivity index (χ0v) is 9.11. The zero-order valence-electron chi connectivity index (χ0n) is 6.71. The van der Waals surface area contributed by atoms with Crippen LogP contribution in [0.4, 0.5) is 0 Å². The van der Waals surface area contributed by atoms with Crippen LogP contribution in [-0.2, 0) is 12.8 Å². The molecule has 0 aromatic carbocycles. The molecule has 0 bridgehead atoms. The molecule has 3 rings (SSSR count). The van der Waals surface area contributed by atoms with Crippen molar-refractivity contribution in [3.05, 3.63) is 26.9 Å². The number of fused-ring (bicyclic) bond motifs is 3. The molecule has 1 aliphatic carbocycles. The largest absolute Gasteiger partial charge is 0.469 e. The molecule has 0 spiro atoms. The zero-order chi connectivity index (χ0) is 8.84. The number of aryl methyl sites for hydroxylation is 2. The molecule has 0 N–H and O–H groups in total. The Labute approximate surface area is 87.7 Å². The van der Waals surface area contributed by atoms with Gasteiger partial charge in [-0.1, -0.05) is 0 Å². The van der Waals surface area contributed by atoms with Crippen molar-refractivity contribution in [2.24, 2.45) is 0 Å². The second kappa shape index (κ2) is 2.69. The molecule has 4 heteroatoms. The molecular formula is C9H6BrNOS. The summed E-state index contributed by atoms with van der Waals surface area (Å²) in [7, 11) is 0. The molecule has 0 unspecified atom stereocenters. The molecule has 0 radical (unpaired) electrons. The van der Waals surface area contributed by atoms with E-state index in [2.05, 4.69) is 20.9 Å². The lowest BCUT2D eigenvalue weighted by atomic mass is 10.0. The number of nitrogens with zero attached hydrogens (tertiary/aromatic N) is 1. The van der Waals surface area contributed by atoms with E-state index in [1.165, 1.54) is 10.4 Å². The van der Waals surface area contributed by atoms with Crippen LogP contribution >= 0.6 is 27.3 Å². The summed E-state index contributed by atoms with van der Waals surface area (Å²) in [5.41, 5.74) is 2.27. The first-order valence-electron chi connectivity index (χ1n) is 4.06. The van der Waals surface area contributed by atoms with Gasteiger partial charge in [-0.25, -0.2) is 4.98 Å². The number of thiazole rings is 1. The van der Waals surface area contributed by atoms with E-state index >= 15 is 0 Å². The molecule has 1 aliphatic rings. The maximum Gasteiger partial charge on any atom is 0.160 e. The molecule has 0 aliphatic heterocycles. The molecule has 0 amide bonds. The van der Waals surface area contributed by atoms with Crippen molar-refractivity contribution < 1.29 is 4.42 Å². The minimum atomic E-state index is 0.964. The van der Waals surface area contributed by atoms with E-state index in [0.29, 0.717) is 0 Å². The predicted octanol–water partition coefficient (Wildman–Crippen LogP) is 3.26. The SMILES string of the molecule is Brc1nc2c(s1)CCc1occc1-2. The molecule has 66 valence electrons. The molecule has 0 saturated heterocycles. The third-order valence-corrected chi connectivity index (χ3v) is 3.82. The highest BCUT2D eigenvalue weighted by molar-refractivity contribution is 9.11. The lowest BCUT2D eigenvalue weighted by Crippen LogP contribution is -1.98. The van der Waals surface area contributed by atoms with Gasteiger partial charge < -0.3 is 4.42 Å². The summed E-state index contributed by atoms with van der Waals surface area (Å²) < 4.78 is 6.34. The predicted molar refractivity (Wildman–Crippen MR) is 54.9 cm³/mol. The van der Waals surface area contributed by atoms with Crippen LogP contribution in [0.15, 0.2) is 20.7 Å². The van der Waals surface area contributed by atoms with Crippen LogP contribution in [0.3, 0.4) is 0 Å². The summed E-state index contributed by atoms with van der Waals surface area (Å²) in [6.45, 7) is 0. The Morgan fingerprint density at radius 3 is 3.31 bits per heavy atom. The molecule has 0 fully saturated rings. The van der Waals surface area contributed by atoms with E-state index in [-0.39, 0.29) is 0 Å².